The highest BCUT2D eigenvalue weighted by molar-refractivity contribution is 8.13. The highest BCUT2D eigenvalue weighted by Gasteiger charge is 2.03. The van der Waals surface area contributed by atoms with Crippen molar-refractivity contribution in [3.05, 3.63) is 71.7 Å². The van der Waals surface area contributed by atoms with Gasteiger partial charge in [-0.05, 0) is 29.3 Å². The number of benzene rings is 2. The highest BCUT2D eigenvalue weighted by Crippen LogP contribution is 2.17. The predicted octanol–water partition coefficient (Wildman–Crippen LogP) is 3.89. The van der Waals surface area contributed by atoms with E-state index in [1.165, 1.54) is 29.6 Å². The number of amidine groups is 1. The van der Waals surface area contributed by atoms with Crippen molar-refractivity contribution < 1.29 is 4.39 Å². The lowest BCUT2D eigenvalue weighted by atomic mass is 10.1. The third-order valence-corrected chi connectivity index (χ3v) is 4.08. The maximum Gasteiger partial charge on any atom is 0.180 e. The van der Waals surface area contributed by atoms with Crippen LogP contribution in [0, 0.1) is 5.82 Å². The lowest BCUT2D eigenvalue weighted by Crippen LogP contribution is -2.06. The summed E-state index contributed by atoms with van der Waals surface area (Å²) < 4.78 is 13.8. The van der Waals surface area contributed by atoms with Crippen molar-refractivity contribution in [2.75, 3.05) is 0 Å². The molecule has 1 aromatic heterocycles. The van der Waals surface area contributed by atoms with Crippen molar-refractivity contribution in [1.82, 2.24) is 4.98 Å². The number of nitrogens with two attached hydrogens (primary N) is 1. The predicted molar refractivity (Wildman–Crippen MR) is 95.2 cm³/mol. The minimum absolute atomic E-state index is 0.315. The Morgan fingerprint density at radius 3 is 2.87 bits per heavy atom. The van der Waals surface area contributed by atoms with Crippen molar-refractivity contribution in [1.29, 1.82) is 0 Å². The molecule has 1 heterocycles. The molecule has 0 bridgehead atoms. The minimum atomic E-state index is -0.315. The van der Waals surface area contributed by atoms with Gasteiger partial charge in [0.05, 0.1) is 11.7 Å². The Kier molecular flexibility index (Phi) is 4.73. The van der Waals surface area contributed by atoms with Crippen LogP contribution in [0.4, 0.5) is 4.39 Å². The summed E-state index contributed by atoms with van der Waals surface area (Å²) in [5.74, 6) is 0.416. The number of halogens is 1. The van der Waals surface area contributed by atoms with Crippen LogP contribution in [-0.2, 0) is 5.75 Å². The Morgan fingerprint density at radius 1 is 1.22 bits per heavy atom. The first kappa shape index (κ1) is 15.3. The first-order chi connectivity index (χ1) is 11.2. The van der Waals surface area contributed by atoms with Gasteiger partial charge in [0, 0.05) is 17.3 Å². The Bertz CT molecular complexity index is 855. The zero-order chi connectivity index (χ0) is 16.1. The van der Waals surface area contributed by atoms with Gasteiger partial charge in [0.15, 0.2) is 5.17 Å². The second kappa shape index (κ2) is 7.11. The molecule has 116 valence electrons. The van der Waals surface area contributed by atoms with Crippen molar-refractivity contribution in [3.63, 3.8) is 0 Å². The molecule has 23 heavy (non-hydrogen) atoms. The number of H-pyrrole nitrogens is 1. The van der Waals surface area contributed by atoms with E-state index >= 15 is 0 Å². The zero-order valence-electron chi connectivity index (χ0n) is 12.2. The fourth-order valence-electron chi connectivity index (χ4n) is 2.14. The minimum Gasteiger partial charge on any atom is -0.377 e. The van der Waals surface area contributed by atoms with Crippen LogP contribution in [0.2, 0.25) is 0 Å². The molecule has 6 heteroatoms. The monoisotopic (exact) mass is 326 g/mol. The van der Waals surface area contributed by atoms with E-state index in [0.29, 0.717) is 16.2 Å². The third-order valence-electron chi connectivity index (χ3n) is 3.23. The largest absolute Gasteiger partial charge is 0.377 e. The summed E-state index contributed by atoms with van der Waals surface area (Å²) in [6.07, 6.45) is 3.19. The molecule has 0 aliphatic heterocycles. The highest BCUT2D eigenvalue weighted by atomic mass is 32.2. The molecule has 0 atom stereocenters. The van der Waals surface area contributed by atoms with Crippen LogP contribution in [0.1, 0.15) is 11.1 Å². The summed E-state index contributed by atoms with van der Waals surface area (Å²) in [5.41, 5.74) is 8.10. The lowest BCUT2D eigenvalue weighted by Gasteiger charge is -1.99. The SMILES string of the molecule is NC(=NN=Cc1cc(F)c2[nH]ccc2c1)SCc1ccccc1. The van der Waals surface area contributed by atoms with Crippen molar-refractivity contribution in [3.8, 4) is 0 Å². The van der Waals surface area contributed by atoms with E-state index in [-0.39, 0.29) is 5.82 Å². The third kappa shape index (κ3) is 3.98. The first-order valence-electron chi connectivity index (χ1n) is 7.02. The van der Waals surface area contributed by atoms with E-state index in [9.17, 15) is 4.39 Å². The molecule has 3 rings (SSSR count). The van der Waals surface area contributed by atoms with Crippen molar-refractivity contribution in [2.45, 2.75) is 5.75 Å². The van der Waals surface area contributed by atoms with Gasteiger partial charge in [0.1, 0.15) is 5.82 Å². The van der Waals surface area contributed by atoms with Crippen LogP contribution in [0.5, 0.6) is 0 Å². The number of hydrogen-bond donors (Lipinski definition) is 2. The first-order valence-corrected chi connectivity index (χ1v) is 8.01. The summed E-state index contributed by atoms with van der Waals surface area (Å²) in [7, 11) is 0. The summed E-state index contributed by atoms with van der Waals surface area (Å²) >= 11 is 1.41. The molecule has 0 aliphatic rings. The van der Waals surface area contributed by atoms with Gasteiger partial charge in [-0.2, -0.15) is 5.10 Å². The fraction of sp³-hybridized carbons (Fsp3) is 0.0588. The number of fused-ring (bicyclic) bond motifs is 1. The average Bonchev–Trinajstić information content (AvgIpc) is 3.03. The van der Waals surface area contributed by atoms with Gasteiger partial charge < -0.3 is 10.7 Å². The second-order valence-electron chi connectivity index (χ2n) is 4.90. The average molecular weight is 326 g/mol. The number of nitrogens with zero attached hydrogens (tertiary/aromatic N) is 2. The smallest absolute Gasteiger partial charge is 0.180 e. The van der Waals surface area contributed by atoms with E-state index in [2.05, 4.69) is 15.2 Å². The maximum absolute atomic E-state index is 13.8. The summed E-state index contributed by atoms with van der Waals surface area (Å²) in [4.78, 5) is 2.85. The summed E-state index contributed by atoms with van der Waals surface area (Å²) in [5, 5.41) is 9.02. The molecule has 0 fully saturated rings. The molecule has 0 spiro atoms. The van der Waals surface area contributed by atoms with E-state index in [1.807, 2.05) is 42.5 Å². The number of aromatic amines is 1. The number of aromatic nitrogens is 1. The molecule has 4 nitrogen and oxygen atoms in total. The number of hydrogen-bond acceptors (Lipinski definition) is 3. The zero-order valence-corrected chi connectivity index (χ0v) is 13.1. The normalized spacial score (nSPS) is 12.3. The lowest BCUT2D eigenvalue weighted by molar-refractivity contribution is 0.637. The van der Waals surface area contributed by atoms with Gasteiger partial charge in [-0.1, -0.05) is 42.1 Å². The van der Waals surface area contributed by atoms with Gasteiger partial charge in [-0.15, -0.1) is 5.10 Å². The molecule has 0 saturated carbocycles. The van der Waals surface area contributed by atoms with E-state index in [1.54, 1.807) is 6.20 Å². The van der Waals surface area contributed by atoms with Crippen LogP contribution in [0.15, 0.2) is 64.9 Å². The topological polar surface area (TPSA) is 66.5 Å². The van der Waals surface area contributed by atoms with E-state index in [0.717, 1.165) is 11.1 Å². The number of rotatable bonds is 4. The second-order valence-corrected chi connectivity index (χ2v) is 5.90. The summed E-state index contributed by atoms with van der Waals surface area (Å²) in [6, 6.07) is 15.0. The Labute approximate surface area is 137 Å². The standard InChI is InChI=1S/C17H15FN4S/c18-15-9-13(8-14-6-7-20-16(14)15)10-21-22-17(19)23-11-12-4-2-1-3-5-12/h1-10,20H,11H2,(H2,19,22). The molecule has 0 amide bonds. The quantitative estimate of drug-likeness (QED) is 0.434. The van der Waals surface area contributed by atoms with Crippen molar-refractivity contribution in [2.24, 2.45) is 15.9 Å². The molecule has 0 saturated heterocycles. The molecule has 0 radical (unpaired) electrons. The van der Waals surface area contributed by atoms with E-state index < -0.39 is 0 Å². The van der Waals surface area contributed by atoms with E-state index in [4.69, 9.17) is 5.73 Å². The fourth-order valence-corrected chi connectivity index (χ4v) is 2.75. The van der Waals surface area contributed by atoms with Crippen LogP contribution in [-0.4, -0.2) is 16.4 Å². The Morgan fingerprint density at radius 2 is 2.04 bits per heavy atom. The Hall–Kier alpha value is -2.60. The molecular formula is C17H15FN4S. The van der Waals surface area contributed by atoms with Crippen LogP contribution in [0.3, 0.4) is 0 Å². The summed E-state index contributed by atoms with van der Waals surface area (Å²) in [6.45, 7) is 0. The molecule has 0 unspecified atom stereocenters. The van der Waals surface area contributed by atoms with Gasteiger partial charge in [-0.25, -0.2) is 4.39 Å². The van der Waals surface area contributed by atoms with Crippen LogP contribution >= 0.6 is 11.8 Å². The van der Waals surface area contributed by atoms with Gasteiger partial charge >= 0.3 is 0 Å². The molecule has 3 N–H and O–H groups in total. The van der Waals surface area contributed by atoms with Gasteiger partial charge in [0.25, 0.3) is 0 Å². The number of nitrogens with one attached hydrogen (secondary N) is 1. The van der Waals surface area contributed by atoms with Crippen LogP contribution in [0.25, 0.3) is 10.9 Å². The van der Waals surface area contributed by atoms with Gasteiger partial charge in [-0.3, -0.25) is 0 Å². The molecule has 0 aliphatic carbocycles. The molecular weight excluding hydrogens is 311 g/mol. The number of thioether (sulfide) groups is 1. The Balaban J connectivity index is 1.64. The van der Waals surface area contributed by atoms with Crippen LogP contribution < -0.4 is 5.73 Å². The molecule has 3 aromatic rings. The molecule has 2 aromatic carbocycles. The van der Waals surface area contributed by atoms with Gasteiger partial charge in [0.2, 0.25) is 0 Å². The van der Waals surface area contributed by atoms with Crippen molar-refractivity contribution >= 4 is 34.0 Å². The maximum atomic E-state index is 13.8.